The van der Waals surface area contributed by atoms with E-state index in [9.17, 15) is 22.8 Å². The Hall–Kier alpha value is -1.50. The zero-order chi connectivity index (χ0) is 16.3. The van der Waals surface area contributed by atoms with Gasteiger partial charge in [0, 0.05) is 11.3 Å². The fourth-order valence-corrected chi connectivity index (χ4v) is 3.05. The summed E-state index contributed by atoms with van der Waals surface area (Å²) in [6.07, 6.45) is -0.134. The molecule has 0 aromatic heterocycles. The Balaban J connectivity index is 2.20. The molecule has 1 unspecified atom stereocenters. The zero-order valence-corrected chi connectivity index (χ0v) is 12.8. The fourth-order valence-electron chi connectivity index (χ4n) is 2.43. The second-order valence-corrected chi connectivity index (χ2v) is 6.00. The van der Waals surface area contributed by atoms with Gasteiger partial charge in [-0.05, 0) is 37.3 Å². The summed E-state index contributed by atoms with van der Waals surface area (Å²) in [6, 6.07) is 2.48. The van der Waals surface area contributed by atoms with Gasteiger partial charge in [0.1, 0.15) is 0 Å². The highest BCUT2D eigenvalue weighted by atomic mass is 32.2. The summed E-state index contributed by atoms with van der Waals surface area (Å²) in [4.78, 5) is 24.2. The van der Waals surface area contributed by atoms with E-state index in [4.69, 9.17) is 0 Å². The second kappa shape index (κ2) is 6.73. The molecule has 1 amide bonds. The number of ketones is 1. The van der Waals surface area contributed by atoms with E-state index in [-0.39, 0.29) is 16.2 Å². The average molecular weight is 331 g/mol. The molecule has 1 aromatic rings. The molecule has 1 aromatic carbocycles. The van der Waals surface area contributed by atoms with Crippen LogP contribution in [0.4, 0.5) is 13.2 Å². The van der Waals surface area contributed by atoms with Crippen LogP contribution in [-0.4, -0.2) is 24.0 Å². The molecule has 1 fully saturated rings. The highest BCUT2D eigenvalue weighted by Crippen LogP contribution is 2.33. The first-order valence-corrected chi connectivity index (χ1v) is 8.14. The van der Waals surface area contributed by atoms with Crippen LogP contribution in [0.1, 0.15) is 41.6 Å². The number of nitrogens with one attached hydrogen (secondary N) is 1. The summed E-state index contributed by atoms with van der Waals surface area (Å²) >= 11 is 1.07. The van der Waals surface area contributed by atoms with Crippen molar-refractivity contribution in [3.63, 3.8) is 0 Å². The first kappa shape index (κ1) is 16.9. The van der Waals surface area contributed by atoms with Gasteiger partial charge in [-0.1, -0.05) is 6.42 Å². The topological polar surface area (TPSA) is 46.2 Å². The van der Waals surface area contributed by atoms with Gasteiger partial charge >= 0.3 is 6.18 Å². The van der Waals surface area contributed by atoms with Crippen molar-refractivity contribution in [1.82, 2.24) is 5.32 Å². The van der Waals surface area contributed by atoms with Crippen LogP contribution in [-0.2, 0) is 11.0 Å². The maximum atomic E-state index is 12.7. The molecule has 7 heteroatoms. The van der Waals surface area contributed by atoms with Crippen LogP contribution in [0.25, 0.3) is 0 Å². The molecule has 1 saturated carbocycles. The lowest BCUT2D eigenvalue weighted by atomic mass is 9.94. The smallest absolute Gasteiger partial charge is 0.342 e. The first-order chi connectivity index (χ1) is 10.3. The van der Waals surface area contributed by atoms with Crippen LogP contribution in [0.3, 0.4) is 0 Å². The number of carbonyl (C=O) groups is 2. The van der Waals surface area contributed by atoms with Crippen molar-refractivity contribution in [3.05, 3.63) is 29.3 Å². The van der Waals surface area contributed by atoms with Gasteiger partial charge in [0.15, 0.2) is 5.78 Å². The van der Waals surface area contributed by atoms with E-state index >= 15 is 0 Å². The number of rotatable bonds is 3. The Morgan fingerprint density at radius 2 is 2.05 bits per heavy atom. The summed E-state index contributed by atoms with van der Waals surface area (Å²) in [5.74, 6) is -0.518. The Bertz CT molecular complexity index is 587. The van der Waals surface area contributed by atoms with Gasteiger partial charge in [0.2, 0.25) is 0 Å². The number of hydrogen-bond donors (Lipinski definition) is 1. The van der Waals surface area contributed by atoms with Crippen LogP contribution < -0.4 is 5.32 Å². The zero-order valence-electron chi connectivity index (χ0n) is 12.0. The van der Waals surface area contributed by atoms with Crippen LogP contribution in [0.15, 0.2) is 23.1 Å². The van der Waals surface area contributed by atoms with Crippen LogP contribution in [0.5, 0.6) is 0 Å². The Kier molecular flexibility index (Phi) is 5.16. The van der Waals surface area contributed by atoms with Gasteiger partial charge in [-0.15, -0.1) is 11.8 Å². The monoisotopic (exact) mass is 331 g/mol. The molecule has 0 spiro atoms. The number of amides is 1. The molecule has 0 heterocycles. The molecule has 1 N–H and O–H groups in total. The Labute approximate surface area is 130 Å². The maximum Gasteiger partial charge on any atom is 0.416 e. The molecular weight excluding hydrogens is 315 g/mol. The molecule has 0 aliphatic heterocycles. The molecular formula is C15H16F3NO2S. The number of carbonyl (C=O) groups excluding carboxylic acids is 2. The first-order valence-electron chi connectivity index (χ1n) is 6.91. The lowest BCUT2D eigenvalue weighted by molar-refractivity contribution is -0.137. The molecule has 0 bridgehead atoms. The third-order valence-electron chi connectivity index (χ3n) is 3.63. The summed E-state index contributed by atoms with van der Waals surface area (Å²) < 4.78 is 38.1. The van der Waals surface area contributed by atoms with E-state index in [2.05, 4.69) is 5.32 Å². The SMILES string of the molecule is CSc1cc(C(F)(F)F)ccc1C(=O)NC1CCCCC1=O. The van der Waals surface area contributed by atoms with Gasteiger partial charge in [0.25, 0.3) is 5.91 Å². The largest absolute Gasteiger partial charge is 0.416 e. The number of hydrogen-bond acceptors (Lipinski definition) is 3. The van der Waals surface area contributed by atoms with Crippen molar-refractivity contribution in [2.45, 2.75) is 42.8 Å². The summed E-state index contributed by atoms with van der Waals surface area (Å²) in [6.45, 7) is 0. The summed E-state index contributed by atoms with van der Waals surface area (Å²) in [5.41, 5.74) is -0.624. The minimum absolute atomic E-state index is 0.0165. The van der Waals surface area contributed by atoms with Crippen molar-refractivity contribution in [2.75, 3.05) is 6.26 Å². The van der Waals surface area contributed by atoms with E-state index in [0.29, 0.717) is 12.8 Å². The summed E-state index contributed by atoms with van der Waals surface area (Å²) in [7, 11) is 0. The Morgan fingerprint density at radius 1 is 1.32 bits per heavy atom. The quantitative estimate of drug-likeness (QED) is 0.860. The molecule has 0 radical (unpaired) electrons. The maximum absolute atomic E-state index is 12.7. The predicted octanol–water partition coefficient (Wildman–Crippen LogP) is 3.67. The third kappa shape index (κ3) is 3.82. The fraction of sp³-hybridized carbons (Fsp3) is 0.467. The Morgan fingerprint density at radius 3 is 2.64 bits per heavy atom. The van der Waals surface area contributed by atoms with E-state index in [0.717, 1.165) is 42.8 Å². The van der Waals surface area contributed by atoms with Crippen molar-refractivity contribution in [2.24, 2.45) is 0 Å². The number of benzene rings is 1. The van der Waals surface area contributed by atoms with Gasteiger partial charge in [0.05, 0.1) is 17.2 Å². The van der Waals surface area contributed by atoms with Crippen molar-refractivity contribution in [3.8, 4) is 0 Å². The van der Waals surface area contributed by atoms with Gasteiger partial charge < -0.3 is 5.32 Å². The number of Topliss-reactive ketones (excluding diaryl/α,β-unsaturated/α-hetero) is 1. The van der Waals surface area contributed by atoms with Crippen LogP contribution in [0, 0.1) is 0 Å². The number of halogens is 3. The minimum atomic E-state index is -4.45. The van der Waals surface area contributed by atoms with Gasteiger partial charge in [-0.3, -0.25) is 9.59 Å². The van der Waals surface area contributed by atoms with Crippen molar-refractivity contribution < 1.29 is 22.8 Å². The van der Waals surface area contributed by atoms with Crippen molar-refractivity contribution >= 4 is 23.5 Å². The molecule has 0 saturated heterocycles. The summed E-state index contributed by atoms with van der Waals surface area (Å²) in [5, 5.41) is 2.63. The molecule has 1 atom stereocenters. The van der Waals surface area contributed by atoms with E-state index < -0.39 is 23.7 Å². The number of thioether (sulfide) groups is 1. The lowest BCUT2D eigenvalue weighted by Gasteiger charge is -2.22. The molecule has 3 nitrogen and oxygen atoms in total. The van der Waals surface area contributed by atoms with Crippen LogP contribution in [0.2, 0.25) is 0 Å². The molecule has 22 heavy (non-hydrogen) atoms. The van der Waals surface area contributed by atoms with Crippen molar-refractivity contribution in [1.29, 1.82) is 0 Å². The molecule has 1 aliphatic rings. The predicted molar refractivity (Wildman–Crippen MR) is 78.0 cm³/mol. The minimum Gasteiger partial charge on any atom is -0.342 e. The van der Waals surface area contributed by atoms with E-state index in [1.807, 2.05) is 0 Å². The van der Waals surface area contributed by atoms with Gasteiger partial charge in [-0.25, -0.2) is 0 Å². The standard InChI is InChI=1S/C15H16F3NO2S/c1-22-13-8-9(15(16,17)18)6-7-10(13)14(21)19-11-4-2-3-5-12(11)20/h6-8,11H,2-5H2,1H3,(H,19,21). The molecule has 2 rings (SSSR count). The number of alkyl halides is 3. The average Bonchev–Trinajstić information content (AvgIpc) is 2.48. The highest BCUT2D eigenvalue weighted by molar-refractivity contribution is 7.98. The highest BCUT2D eigenvalue weighted by Gasteiger charge is 2.32. The van der Waals surface area contributed by atoms with E-state index in [1.54, 1.807) is 6.26 Å². The normalized spacial score (nSPS) is 19.1. The van der Waals surface area contributed by atoms with E-state index in [1.165, 1.54) is 0 Å². The second-order valence-electron chi connectivity index (χ2n) is 5.15. The van der Waals surface area contributed by atoms with Gasteiger partial charge in [-0.2, -0.15) is 13.2 Å². The lowest BCUT2D eigenvalue weighted by Crippen LogP contribution is -2.42. The van der Waals surface area contributed by atoms with Crippen LogP contribution >= 0.6 is 11.8 Å². The molecule has 120 valence electrons. The molecule has 1 aliphatic carbocycles. The third-order valence-corrected chi connectivity index (χ3v) is 4.41.